The monoisotopic (exact) mass is 252 g/mol. The molecule has 1 atom stereocenters. The molecule has 0 bridgehead atoms. The molecule has 5 heteroatoms. The van der Waals surface area contributed by atoms with Gasteiger partial charge in [-0.3, -0.25) is 9.78 Å². The van der Waals surface area contributed by atoms with Crippen LogP contribution in [0.15, 0.2) is 12.1 Å². The number of carboxylic acid groups (broad SMARTS) is 1. The summed E-state index contributed by atoms with van der Waals surface area (Å²) in [7, 11) is 1.58. The van der Waals surface area contributed by atoms with E-state index in [0.29, 0.717) is 24.3 Å². The van der Waals surface area contributed by atoms with Crippen LogP contribution in [0.3, 0.4) is 0 Å². The summed E-state index contributed by atoms with van der Waals surface area (Å²) < 4.78 is 5.16. The van der Waals surface area contributed by atoms with E-state index >= 15 is 0 Å². The van der Waals surface area contributed by atoms with Gasteiger partial charge >= 0.3 is 5.97 Å². The summed E-state index contributed by atoms with van der Waals surface area (Å²) in [6.45, 7) is 3.77. The number of carboxylic acids is 1. The van der Waals surface area contributed by atoms with Gasteiger partial charge in [0.15, 0.2) is 0 Å². The van der Waals surface area contributed by atoms with Gasteiger partial charge in [-0.05, 0) is 13.3 Å². The number of hydrogen-bond donors (Lipinski definition) is 2. The van der Waals surface area contributed by atoms with Gasteiger partial charge in [-0.1, -0.05) is 6.92 Å². The number of aryl methyl sites for hydroxylation is 1. The van der Waals surface area contributed by atoms with E-state index in [1.807, 2.05) is 13.8 Å². The lowest BCUT2D eigenvalue weighted by molar-refractivity contribution is -0.148. The second kappa shape index (κ2) is 5.82. The van der Waals surface area contributed by atoms with Crippen LogP contribution in [-0.4, -0.2) is 29.7 Å². The molecule has 0 radical (unpaired) electrons. The minimum absolute atomic E-state index is 0.0940. The second-order valence-corrected chi connectivity index (χ2v) is 4.46. The van der Waals surface area contributed by atoms with Crippen LogP contribution in [-0.2, 0) is 11.2 Å². The number of ether oxygens (including phenoxy) is 1. The molecule has 5 nitrogen and oxygen atoms in total. The topological polar surface area (TPSA) is 85.4 Å². The summed E-state index contributed by atoms with van der Waals surface area (Å²) in [6.07, 6.45) is 0.782. The zero-order valence-electron chi connectivity index (χ0n) is 11.1. The Labute approximate surface area is 107 Å². The van der Waals surface area contributed by atoms with Gasteiger partial charge in [0.25, 0.3) is 0 Å². The van der Waals surface area contributed by atoms with Crippen molar-refractivity contribution in [1.29, 1.82) is 0 Å². The van der Waals surface area contributed by atoms with Crippen LogP contribution in [0.4, 0.5) is 0 Å². The highest BCUT2D eigenvalue weighted by Crippen LogP contribution is 2.27. The van der Waals surface area contributed by atoms with E-state index in [-0.39, 0.29) is 6.54 Å². The number of hydrogen-bond acceptors (Lipinski definition) is 4. The Morgan fingerprint density at radius 1 is 1.56 bits per heavy atom. The molecular formula is C13H20N2O3. The number of nitrogens with zero attached hydrogens (tertiary/aromatic N) is 1. The van der Waals surface area contributed by atoms with Crippen LogP contribution in [0.25, 0.3) is 0 Å². The SMILES string of the molecule is CCC(CN)(Cc1cc(OC)cc(C)n1)C(=O)O. The van der Waals surface area contributed by atoms with E-state index in [0.717, 1.165) is 5.69 Å². The Kier molecular flexibility index (Phi) is 4.67. The van der Waals surface area contributed by atoms with Crippen LogP contribution in [0.2, 0.25) is 0 Å². The Morgan fingerprint density at radius 2 is 2.22 bits per heavy atom. The molecule has 0 aliphatic heterocycles. The molecule has 0 spiro atoms. The largest absolute Gasteiger partial charge is 0.497 e. The van der Waals surface area contributed by atoms with E-state index in [1.54, 1.807) is 19.2 Å². The Hall–Kier alpha value is -1.62. The highest BCUT2D eigenvalue weighted by molar-refractivity contribution is 5.75. The van der Waals surface area contributed by atoms with E-state index in [1.165, 1.54) is 0 Å². The molecule has 1 rings (SSSR count). The minimum atomic E-state index is -0.953. The fraction of sp³-hybridized carbons (Fsp3) is 0.538. The van der Waals surface area contributed by atoms with Crippen LogP contribution in [0.1, 0.15) is 24.7 Å². The van der Waals surface area contributed by atoms with E-state index in [9.17, 15) is 9.90 Å². The van der Waals surface area contributed by atoms with E-state index < -0.39 is 11.4 Å². The average Bonchev–Trinajstić information content (AvgIpc) is 2.35. The van der Waals surface area contributed by atoms with Crippen molar-refractivity contribution in [3.05, 3.63) is 23.5 Å². The maximum absolute atomic E-state index is 11.4. The zero-order chi connectivity index (χ0) is 13.8. The zero-order valence-corrected chi connectivity index (χ0v) is 11.1. The Morgan fingerprint density at radius 3 is 2.67 bits per heavy atom. The Bertz CT molecular complexity index is 428. The standard InChI is InChI=1S/C13H20N2O3/c1-4-13(8-14,12(16)17)7-10-6-11(18-3)5-9(2)15-10/h5-6H,4,7-8,14H2,1-3H3,(H,16,17). The number of aromatic nitrogens is 1. The van der Waals surface area contributed by atoms with Gasteiger partial charge in [-0.15, -0.1) is 0 Å². The van der Waals surface area contributed by atoms with Crippen LogP contribution in [0.5, 0.6) is 5.75 Å². The highest BCUT2D eigenvalue weighted by atomic mass is 16.5. The van der Waals surface area contributed by atoms with E-state index in [4.69, 9.17) is 10.5 Å². The first-order chi connectivity index (χ1) is 8.47. The normalized spacial score (nSPS) is 14.0. The number of aliphatic carboxylic acids is 1. The quantitative estimate of drug-likeness (QED) is 0.799. The molecule has 1 heterocycles. The van der Waals surface area contributed by atoms with Crippen molar-refractivity contribution in [2.75, 3.05) is 13.7 Å². The van der Waals surface area contributed by atoms with Crippen molar-refractivity contribution in [3.8, 4) is 5.75 Å². The predicted molar refractivity (Wildman–Crippen MR) is 68.6 cm³/mol. The van der Waals surface area contributed by atoms with Crippen molar-refractivity contribution >= 4 is 5.97 Å². The van der Waals surface area contributed by atoms with Gasteiger partial charge in [0.2, 0.25) is 0 Å². The van der Waals surface area contributed by atoms with Gasteiger partial charge in [-0.2, -0.15) is 0 Å². The molecule has 0 aliphatic rings. The second-order valence-electron chi connectivity index (χ2n) is 4.46. The number of rotatable bonds is 6. The molecule has 0 fully saturated rings. The minimum Gasteiger partial charge on any atom is -0.497 e. The maximum Gasteiger partial charge on any atom is 0.311 e. The van der Waals surface area contributed by atoms with Gasteiger partial charge in [0.05, 0.1) is 12.5 Å². The van der Waals surface area contributed by atoms with Crippen molar-refractivity contribution in [1.82, 2.24) is 4.98 Å². The third kappa shape index (κ3) is 2.98. The van der Waals surface area contributed by atoms with Gasteiger partial charge < -0.3 is 15.6 Å². The number of methoxy groups -OCH3 is 1. The van der Waals surface area contributed by atoms with Crippen molar-refractivity contribution in [3.63, 3.8) is 0 Å². The molecule has 0 aliphatic carbocycles. The number of pyridine rings is 1. The maximum atomic E-state index is 11.4. The highest BCUT2D eigenvalue weighted by Gasteiger charge is 2.36. The smallest absolute Gasteiger partial charge is 0.311 e. The molecule has 1 aromatic rings. The first kappa shape index (κ1) is 14.4. The summed E-state index contributed by atoms with van der Waals surface area (Å²) >= 11 is 0. The molecule has 1 aromatic heterocycles. The summed E-state index contributed by atoms with van der Waals surface area (Å²) in [5.41, 5.74) is 6.18. The molecule has 0 aromatic carbocycles. The molecular weight excluding hydrogens is 232 g/mol. The third-order valence-electron chi connectivity index (χ3n) is 3.26. The summed E-state index contributed by atoms with van der Waals surface area (Å²) in [5, 5.41) is 9.34. The summed E-state index contributed by atoms with van der Waals surface area (Å²) in [6, 6.07) is 3.57. The van der Waals surface area contributed by atoms with Gasteiger partial charge in [0.1, 0.15) is 5.75 Å². The lowest BCUT2D eigenvalue weighted by Crippen LogP contribution is -2.40. The molecule has 0 amide bonds. The van der Waals surface area contributed by atoms with Crippen molar-refractivity contribution in [2.24, 2.45) is 11.1 Å². The van der Waals surface area contributed by atoms with Crippen LogP contribution >= 0.6 is 0 Å². The molecule has 0 saturated carbocycles. The molecule has 18 heavy (non-hydrogen) atoms. The summed E-state index contributed by atoms with van der Waals surface area (Å²) in [4.78, 5) is 15.7. The Balaban J connectivity index is 3.08. The van der Waals surface area contributed by atoms with Crippen molar-refractivity contribution < 1.29 is 14.6 Å². The first-order valence-corrected chi connectivity index (χ1v) is 5.92. The van der Waals surface area contributed by atoms with E-state index in [2.05, 4.69) is 4.98 Å². The average molecular weight is 252 g/mol. The fourth-order valence-electron chi connectivity index (χ4n) is 1.91. The lowest BCUT2D eigenvalue weighted by Gasteiger charge is -2.26. The van der Waals surface area contributed by atoms with Crippen molar-refractivity contribution in [2.45, 2.75) is 26.7 Å². The first-order valence-electron chi connectivity index (χ1n) is 5.92. The van der Waals surface area contributed by atoms with Crippen LogP contribution < -0.4 is 10.5 Å². The number of carbonyl (C=O) groups is 1. The lowest BCUT2D eigenvalue weighted by atomic mass is 9.80. The fourth-order valence-corrected chi connectivity index (χ4v) is 1.91. The van der Waals surface area contributed by atoms with Crippen LogP contribution in [0, 0.1) is 12.3 Å². The predicted octanol–water partition coefficient (Wildman–Crippen LogP) is 1.38. The summed E-state index contributed by atoms with van der Waals surface area (Å²) in [5.74, 6) is -0.195. The van der Waals surface area contributed by atoms with Gasteiger partial charge in [-0.25, -0.2) is 0 Å². The molecule has 0 saturated heterocycles. The molecule has 1 unspecified atom stereocenters. The number of nitrogens with two attached hydrogens (primary N) is 1. The molecule has 100 valence electrons. The molecule has 3 N–H and O–H groups in total. The van der Waals surface area contributed by atoms with Gasteiger partial charge in [0, 0.05) is 36.5 Å². The third-order valence-corrected chi connectivity index (χ3v) is 3.26.